The summed E-state index contributed by atoms with van der Waals surface area (Å²) >= 11 is 0. The van der Waals surface area contributed by atoms with E-state index < -0.39 is 17.7 Å². The van der Waals surface area contributed by atoms with Crippen LogP contribution in [0.3, 0.4) is 0 Å². The van der Waals surface area contributed by atoms with Crippen LogP contribution in [-0.4, -0.2) is 40.1 Å². The zero-order valence-electron chi connectivity index (χ0n) is 19.7. The Kier molecular flexibility index (Phi) is 6.11. The molecule has 180 valence electrons. The molecule has 1 aliphatic carbocycles. The molecule has 1 amide bonds. The van der Waals surface area contributed by atoms with Crippen LogP contribution in [0.1, 0.15) is 43.6 Å². The number of carbonyl (C=O) groups excluding carboxylic acids is 2. The van der Waals surface area contributed by atoms with Gasteiger partial charge >= 0.3 is 0 Å². The summed E-state index contributed by atoms with van der Waals surface area (Å²) in [4.78, 5) is 28.2. The minimum atomic E-state index is -0.662. The number of aliphatic hydroxyl groups is 1. The Morgan fingerprint density at radius 2 is 1.69 bits per heavy atom. The van der Waals surface area contributed by atoms with Crippen molar-refractivity contribution in [3.05, 3.63) is 65.6 Å². The van der Waals surface area contributed by atoms with Crippen molar-refractivity contribution in [3.8, 4) is 17.2 Å². The Bertz CT molecular complexity index is 1270. The van der Waals surface area contributed by atoms with Gasteiger partial charge in [0.05, 0.1) is 18.7 Å². The zero-order chi connectivity index (χ0) is 24.5. The molecule has 3 aromatic rings. The van der Waals surface area contributed by atoms with E-state index in [1.807, 2.05) is 0 Å². The number of aromatic nitrogens is 2. The maximum Gasteiger partial charge on any atom is 0.299 e. The van der Waals surface area contributed by atoms with Crippen LogP contribution >= 0.6 is 0 Å². The Balaban J connectivity index is 1.57. The van der Waals surface area contributed by atoms with Crippen molar-refractivity contribution >= 4 is 23.1 Å². The van der Waals surface area contributed by atoms with Gasteiger partial charge in [-0.15, -0.1) is 10.2 Å². The molecule has 8 heteroatoms. The van der Waals surface area contributed by atoms with Gasteiger partial charge in [-0.25, -0.2) is 0 Å². The molecule has 1 N–H and O–H groups in total. The molecule has 2 aromatic carbocycles. The molecule has 35 heavy (non-hydrogen) atoms. The van der Waals surface area contributed by atoms with Gasteiger partial charge in [0.2, 0.25) is 11.8 Å². The van der Waals surface area contributed by atoms with Gasteiger partial charge in [-0.2, -0.15) is 0 Å². The molecule has 1 aliphatic heterocycles. The van der Waals surface area contributed by atoms with Gasteiger partial charge in [0, 0.05) is 23.7 Å². The average molecular weight is 474 g/mol. The van der Waals surface area contributed by atoms with E-state index in [9.17, 15) is 14.7 Å². The van der Waals surface area contributed by atoms with Crippen molar-refractivity contribution in [2.24, 2.45) is 5.92 Å². The molecule has 2 heterocycles. The highest BCUT2D eigenvalue weighted by Gasteiger charge is 2.49. The number of carbonyl (C=O) groups is 2. The molecule has 1 atom stereocenters. The number of hydrogen-bond donors (Lipinski definition) is 1. The van der Waals surface area contributed by atoms with Crippen molar-refractivity contribution in [2.45, 2.75) is 45.1 Å². The van der Waals surface area contributed by atoms with Crippen LogP contribution in [0, 0.1) is 12.8 Å². The van der Waals surface area contributed by atoms with Gasteiger partial charge in [-0.1, -0.05) is 19.3 Å². The number of nitrogens with zero attached hydrogens (tertiary/aromatic N) is 3. The first-order chi connectivity index (χ1) is 17.0. The Hall–Kier alpha value is -3.94. The van der Waals surface area contributed by atoms with Crippen LogP contribution in [0.4, 0.5) is 5.69 Å². The Morgan fingerprint density at radius 3 is 2.29 bits per heavy atom. The fourth-order valence-electron chi connectivity index (χ4n) is 5.12. The van der Waals surface area contributed by atoms with E-state index >= 15 is 0 Å². The second-order valence-corrected chi connectivity index (χ2v) is 9.01. The highest BCUT2D eigenvalue weighted by atomic mass is 16.5. The SMILES string of the molecule is COc1ccc(/C(O)=C2/C(=O)C(=O)N(c3ccc(-c4nnc(C)o4)cc3)C2C2CCCCC2)cc1. The maximum absolute atomic E-state index is 13.3. The molecule has 0 bridgehead atoms. The van der Waals surface area contributed by atoms with Crippen LogP contribution in [-0.2, 0) is 9.59 Å². The van der Waals surface area contributed by atoms with Crippen LogP contribution in [0.15, 0.2) is 58.5 Å². The zero-order valence-corrected chi connectivity index (χ0v) is 19.7. The van der Waals surface area contributed by atoms with E-state index in [2.05, 4.69) is 10.2 Å². The largest absolute Gasteiger partial charge is 0.507 e. The van der Waals surface area contributed by atoms with E-state index in [1.54, 1.807) is 67.5 Å². The summed E-state index contributed by atoms with van der Waals surface area (Å²) in [6.45, 7) is 1.72. The number of ketones is 1. The van der Waals surface area contributed by atoms with Gasteiger partial charge in [-0.05, 0) is 67.3 Å². The second-order valence-electron chi connectivity index (χ2n) is 9.01. The number of anilines is 1. The third-order valence-electron chi connectivity index (χ3n) is 6.86. The Labute approximate surface area is 203 Å². The number of Topliss-reactive ketones (excluding diaryl/α,β-unsaturated/α-hetero) is 1. The summed E-state index contributed by atoms with van der Waals surface area (Å²) in [6.07, 6.45) is 4.97. The van der Waals surface area contributed by atoms with Crippen molar-refractivity contribution in [2.75, 3.05) is 12.0 Å². The van der Waals surface area contributed by atoms with E-state index in [-0.39, 0.29) is 17.3 Å². The summed E-state index contributed by atoms with van der Waals surface area (Å²) in [7, 11) is 1.56. The molecule has 2 fully saturated rings. The highest BCUT2D eigenvalue weighted by molar-refractivity contribution is 6.51. The predicted octanol–water partition coefficient (Wildman–Crippen LogP) is 4.89. The number of methoxy groups -OCH3 is 1. The summed E-state index contributed by atoms with van der Waals surface area (Å²) in [5.41, 5.74) is 1.96. The number of rotatable bonds is 5. The van der Waals surface area contributed by atoms with Gasteiger partial charge in [0.1, 0.15) is 11.5 Å². The summed E-state index contributed by atoms with van der Waals surface area (Å²) < 4.78 is 10.7. The first kappa shape index (κ1) is 22.8. The molecular formula is C27H27N3O5. The summed E-state index contributed by atoms with van der Waals surface area (Å²) in [5, 5.41) is 19.1. The predicted molar refractivity (Wildman–Crippen MR) is 130 cm³/mol. The summed E-state index contributed by atoms with van der Waals surface area (Å²) in [5.74, 6) is 0.129. The smallest absolute Gasteiger partial charge is 0.299 e. The first-order valence-corrected chi connectivity index (χ1v) is 11.8. The highest BCUT2D eigenvalue weighted by Crippen LogP contribution is 2.41. The number of aryl methyl sites for hydroxylation is 1. The maximum atomic E-state index is 13.3. The standard InChI is InChI=1S/C27H27N3O5/c1-16-28-29-26(35-16)19-8-12-20(13-9-19)30-23(17-6-4-3-5-7-17)22(25(32)27(30)33)24(31)18-10-14-21(34-2)15-11-18/h8-15,17,23,31H,3-7H2,1-2H3/b24-22-. The molecule has 5 rings (SSSR count). The van der Waals surface area contributed by atoms with Crippen LogP contribution in [0.2, 0.25) is 0 Å². The van der Waals surface area contributed by atoms with Gasteiger partial charge < -0.3 is 14.3 Å². The lowest BCUT2D eigenvalue weighted by atomic mass is 9.80. The normalized spacial score (nSPS) is 20.4. The van der Waals surface area contributed by atoms with Crippen molar-refractivity contribution in [1.82, 2.24) is 10.2 Å². The summed E-state index contributed by atoms with van der Waals surface area (Å²) in [6, 6.07) is 13.5. The molecule has 0 radical (unpaired) electrons. The lowest BCUT2D eigenvalue weighted by Gasteiger charge is -2.34. The van der Waals surface area contributed by atoms with E-state index in [1.165, 1.54) is 0 Å². The monoisotopic (exact) mass is 473 g/mol. The molecule has 0 spiro atoms. The van der Waals surface area contributed by atoms with Crippen molar-refractivity contribution < 1.29 is 23.8 Å². The number of aliphatic hydroxyl groups excluding tert-OH is 1. The number of amides is 1. The number of benzene rings is 2. The lowest BCUT2D eigenvalue weighted by Crippen LogP contribution is -2.40. The van der Waals surface area contributed by atoms with Crippen molar-refractivity contribution in [3.63, 3.8) is 0 Å². The van der Waals surface area contributed by atoms with E-state index in [0.29, 0.717) is 28.8 Å². The molecule has 1 saturated heterocycles. The van der Waals surface area contributed by atoms with Crippen LogP contribution < -0.4 is 9.64 Å². The van der Waals surface area contributed by atoms with E-state index in [4.69, 9.17) is 9.15 Å². The molecule has 1 unspecified atom stereocenters. The fraction of sp³-hybridized carbons (Fsp3) is 0.333. The second kappa shape index (κ2) is 9.37. The minimum absolute atomic E-state index is 0.0767. The van der Waals surface area contributed by atoms with Crippen LogP contribution in [0.25, 0.3) is 17.2 Å². The van der Waals surface area contributed by atoms with Crippen LogP contribution in [0.5, 0.6) is 5.75 Å². The third-order valence-corrected chi connectivity index (χ3v) is 6.86. The quantitative estimate of drug-likeness (QED) is 0.320. The van der Waals surface area contributed by atoms with Gasteiger partial charge in [-0.3, -0.25) is 14.5 Å². The molecule has 1 aromatic heterocycles. The van der Waals surface area contributed by atoms with Gasteiger partial charge in [0.25, 0.3) is 11.7 Å². The molecular weight excluding hydrogens is 446 g/mol. The Morgan fingerprint density at radius 1 is 1.00 bits per heavy atom. The van der Waals surface area contributed by atoms with Gasteiger partial charge in [0.15, 0.2) is 0 Å². The topological polar surface area (TPSA) is 106 Å². The molecule has 1 saturated carbocycles. The number of ether oxygens (including phenoxy) is 1. The lowest BCUT2D eigenvalue weighted by molar-refractivity contribution is -0.132. The average Bonchev–Trinajstić information content (AvgIpc) is 3.45. The molecule has 8 nitrogen and oxygen atoms in total. The van der Waals surface area contributed by atoms with E-state index in [0.717, 1.165) is 37.7 Å². The third kappa shape index (κ3) is 4.20. The number of hydrogen-bond acceptors (Lipinski definition) is 7. The molecule has 2 aliphatic rings. The fourth-order valence-corrected chi connectivity index (χ4v) is 5.12. The first-order valence-electron chi connectivity index (χ1n) is 11.8. The van der Waals surface area contributed by atoms with Crippen molar-refractivity contribution in [1.29, 1.82) is 0 Å². The minimum Gasteiger partial charge on any atom is -0.507 e.